The van der Waals surface area contributed by atoms with Crippen molar-refractivity contribution in [2.75, 3.05) is 47.0 Å². The number of likely N-dealkylation sites (tertiary alicyclic amines) is 1. The monoisotopic (exact) mass is 501 g/mol. The van der Waals surface area contributed by atoms with Crippen LogP contribution in [0, 0.1) is 0 Å². The predicted octanol–water partition coefficient (Wildman–Crippen LogP) is 3.82. The first-order chi connectivity index (χ1) is 13.3. The average Bonchev–Trinajstić information content (AvgIpc) is 2.69. The molecule has 0 radical (unpaired) electrons. The van der Waals surface area contributed by atoms with Crippen LogP contribution in [0.5, 0.6) is 0 Å². The van der Waals surface area contributed by atoms with Gasteiger partial charge in [-0.1, -0.05) is 36.8 Å². The molecule has 0 spiro atoms. The van der Waals surface area contributed by atoms with Gasteiger partial charge in [0.05, 0.1) is 6.10 Å². The first-order valence-corrected chi connectivity index (χ1v) is 10.4. The molecule has 28 heavy (non-hydrogen) atoms. The number of ether oxygens (including phenoxy) is 2. The second-order valence-electron chi connectivity index (χ2n) is 7.80. The van der Waals surface area contributed by atoms with Crippen LogP contribution in [0.1, 0.15) is 44.1 Å². The van der Waals surface area contributed by atoms with Crippen LogP contribution in [-0.2, 0) is 14.9 Å². The normalized spacial score (nSPS) is 19.6. The maximum absolute atomic E-state index is 5.98. The van der Waals surface area contributed by atoms with Crippen LogP contribution in [-0.4, -0.2) is 64.0 Å². The van der Waals surface area contributed by atoms with Gasteiger partial charge in [-0.05, 0) is 37.7 Å². The number of nitrogens with one attached hydrogen (secondary N) is 1. The van der Waals surface area contributed by atoms with Gasteiger partial charge in [-0.2, -0.15) is 0 Å². The molecule has 1 N–H and O–H groups in total. The number of piperidine rings is 1. The molecular weight excluding hydrogens is 465 g/mol. The molecule has 1 saturated heterocycles. The third kappa shape index (κ3) is 6.07. The highest BCUT2D eigenvalue weighted by Crippen LogP contribution is 2.43. The van der Waals surface area contributed by atoms with Gasteiger partial charge in [-0.3, -0.25) is 4.99 Å². The Morgan fingerprint density at radius 1 is 1.18 bits per heavy atom. The topological polar surface area (TPSA) is 46.1 Å². The molecule has 2 aliphatic rings. The van der Waals surface area contributed by atoms with Crippen LogP contribution in [0.3, 0.4) is 0 Å². The van der Waals surface area contributed by atoms with E-state index in [1.165, 1.54) is 24.8 Å². The Bertz CT molecular complexity index is 585. The van der Waals surface area contributed by atoms with E-state index in [4.69, 9.17) is 9.47 Å². The average molecular weight is 501 g/mol. The molecule has 1 saturated carbocycles. The Morgan fingerprint density at radius 2 is 1.89 bits per heavy atom. The molecule has 0 aromatic heterocycles. The smallest absolute Gasteiger partial charge is 0.193 e. The maximum atomic E-state index is 5.98. The van der Waals surface area contributed by atoms with Crippen molar-refractivity contribution < 1.29 is 9.47 Å². The number of benzene rings is 1. The highest BCUT2D eigenvalue weighted by atomic mass is 127. The Kier molecular flexibility index (Phi) is 10.0. The molecule has 3 rings (SSSR count). The van der Waals surface area contributed by atoms with Gasteiger partial charge in [-0.25, -0.2) is 0 Å². The van der Waals surface area contributed by atoms with Crippen molar-refractivity contribution >= 4 is 29.9 Å². The van der Waals surface area contributed by atoms with Crippen molar-refractivity contribution in [1.82, 2.24) is 10.2 Å². The van der Waals surface area contributed by atoms with Gasteiger partial charge < -0.3 is 19.7 Å². The molecule has 5 nitrogen and oxygen atoms in total. The molecule has 1 aromatic rings. The summed E-state index contributed by atoms with van der Waals surface area (Å²) in [5.41, 5.74) is 1.74. The van der Waals surface area contributed by atoms with Crippen LogP contribution in [0.25, 0.3) is 0 Å². The summed E-state index contributed by atoms with van der Waals surface area (Å²) in [7, 11) is 3.63. The van der Waals surface area contributed by atoms with Gasteiger partial charge in [0.25, 0.3) is 0 Å². The summed E-state index contributed by atoms with van der Waals surface area (Å²) in [6, 6.07) is 11.0. The highest BCUT2D eigenvalue weighted by Gasteiger charge is 2.38. The fourth-order valence-corrected chi connectivity index (χ4v) is 4.23. The van der Waals surface area contributed by atoms with E-state index in [1.54, 1.807) is 7.11 Å². The number of hydrogen-bond donors (Lipinski definition) is 1. The van der Waals surface area contributed by atoms with E-state index in [1.807, 2.05) is 7.05 Å². The van der Waals surface area contributed by atoms with E-state index >= 15 is 0 Å². The lowest BCUT2D eigenvalue weighted by atomic mass is 9.64. The number of nitrogens with zero attached hydrogens (tertiary/aromatic N) is 2. The van der Waals surface area contributed by atoms with Crippen LogP contribution in [0.15, 0.2) is 35.3 Å². The summed E-state index contributed by atoms with van der Waals surface area (Å²) in [5.74, 6) is 1.04. The Hall–Kier alpha value is -0.860. The largest absolute Gasteiger partial charge is 0.385 e. The zero-order valence-electron chi connectivity index (χ0n) is 17.4. The lowest BCUT2D eigenvalue weighted by molar-refractivity contribution is 0.00982. The van der Waals surface area contributed by atoms with Crippen molar-refractivity contribution in [2.24, 2.45) is 4.99 Å². The minimum absolute atomic E-state index is 0. The lowest BCUT2D eigenvalue weighted by Crippen LogP contribution is -2.52. The molecule has 0 atom stereocenters. The predicted molar refractivity (Wildman–Crippen MR) is 126 cm³/mol. The molecule has 1 aliphatic carbocycles. The van der Waals surface area contributed by atoms with Crippen LogP contribution in [0.4, 0.5) is 0 Å². The Balaban J connectivity index is 0.00000280. The van der Waals surface area contributed by atoms with Gasteiger partial charge in [0.2, 0.25) is 0 Å². The minimum atomic E-state index is 0. The molecule has 0 amide bonds. The molecule has 6 heteroatoms. The number of hydrogen-bond acceptors (Lipinski definition) is 3. The van der Waals surface area contributed by atoms with E-state index in [0.29, 0.717) is 6.10 Å². The zero-order valence-corrected chi connectivity index (χ0v) is 19.7. The van der Waals surface area contributed by atoms with Crippen molar-refractivity contribution in [1.29, 1.82) is 0 Å². The molecule has 2 fully saturated rings. The molecule has 0 unspecified atom stereocenters. The standard InChI is InChI=1S/C22H35N3O2.HI/c1-23-21(25-14-10-20(11-15-25)27-17-7-16-26-2)24-18-22(12-6-13-22)19-8-4-3-5-9-19;/h3-5,8-9,20H,6-7,10-18H2,1-2H3,(H,23,24);1H. The van der Waals surface area contributed by atoms with Gasteiger partial charge in [0, 0.05) is 52.4 Å². The van der Waals surface area contributed by atoms with Crippen molar-refractivity contribution in [2.45, 2.75) is 50.0 Å². The number of guanidine groups is 1. The fourth-order valence-electron chi connectivity index (χ4n) is 4.23. The highest BCUT2D eigenvalue weighted by molar-refractivity contribution is 14.0. The minimum Gasteiger partial charge on any atom is -0.385 e. The first-order valence-electron chi connectivity index (χ1n) is 10.4. The van der Waals surface area contributed by atoms with E-state index in [-0.39, 0.29) is 29.4 Å². The molecule has 1 aliphatic heterocycles. The van der Waals surface area contributed by atoms with Gasteiger partial charge in [-0.15, -0.1) is 24.0 Å². The van der Waals surface area contributed by atoms with Crippen molar-refractivity contribution in [3.05, 3.63) is 35.9 Å². The van der Waals surface area contributed by atoms with E-state index in [9.17, 15) is 0 Å². The molecule has 158 valence electrons. The SMILES string of the molecule is CN=C(NCC1(c2ccccc2)CCC1)N1CCC(OCCCOC)CC1.I. The molecule has 1 heterocycles. The molecule has 1 aromatic carbocycles. The third-order valence-electron chi connectivity index (χ3n) is 6.08. The first kappa shape index (κ1) is 23.4. The molecule has 0 bridgehead atoms. The van der Waals surface area contributed by atoms with Gasteiger partial charge >= 0.3 is 0 Å². The Morgan fingerprint density at radius 3 is 2.46 bits per heavy atom. The number of aliphatic imine (C=N–C) groups is 1. The summed E-state index contributed by atoms with van der Waals surface area (Å²) < 4.78 is 11.1. The summed E-state index contributed by atoms with van der Waals surface area (Å²) in [6.07, 6.45) is 7.33. The van der Waals surface area contributed by atoms with Crippen molar-refractivity contribution in [3.63, 3.8) is 0 Å². The summed E-state index contributed by atoms with van der Waals surface area (Å²) in [6.45, 7) is 4.56. The Labute approximate surface area is 187 Å². The number of methoxy groups -OCH3 is 1. The van der Waals surface area contributed by atoms with Gasteiger partial charge in [0.1, 0.15) is 0 Å². The van der Waals surface area contributed by atoms with Crippen LogP contribution in [0.2, 0.25) is 0 Å². The number of rotatable bonds is 8. The zero-order chi connectivity index (χ0) is 19.0. The third-order valence-corrected chi connectivity index (χ3v) is 6.08. The van der Waals surface area contributed by atoms with Crippen LogP contribution >= 0.6 is 24.0 Å². The summed E-state index contributed by atoms with van der Waals surface area (Å²) in [5, 5.41) is 3.67. The summed E-state index contributed by atoms with van der Waals surface area (Å²) in [4.78, 5) is 6.93. The van der Waals surface area contributed by atoms with E-state index in [0.717, 1.165) is 58.1 Å². The van der Waals surface area contributed by atoms with Gasteiger partial charge in [0.15, 0.2) is 5.96 Å². The quantitative estimate of drug-likeness (QED) is 0.255. The second-order valence-corrected chi connectivity index (χ2v) is 7.80. The number of halogens is 1. The summed E-state index contributed by atoms with van der Waals surface area (Å²) >= 11 is 0. The van der Waals surface area contributed by atoms with E-state index < -0.39 is 0 Å². The van der Waals surface area contributed by atoms with Crippen molar-refractivity contribution in [3.8, 4) is 0 Å². The van der Waals surface area contributed by atoms with Crippen LogP contribution < -0.4 is 5.32 Å². The molecular formula is C22H36IN3O2. The second kappa shape index (κ2) is 12.0. The lowest BCUT2D eigenvalue weighted by Gasteiger charge is -2.44. The fraction of sp³-hybridized carbons (Fsp3) is 0.682. The maximum Gasteiger partial charge on any atom is 0.193 e. The van der Waals surface area contributed by atoms with E-state index in [2.05, 4.69) is 45.5 Å².